The normalized spacial score (nSPS) is 15.7. The molecule has 1 rings (SSSR count). The fraction of sp³-hybridized carbons (Fsp3) is 0.250. The molecule has 0 radical (unpaired) electrons. The minimum atomic E-state index is 0. The summed E-state index contributed by atoms with van der Waals surface area (Å²) in [6.45, 7) is 4.67. The van der Waals surface area contributed by atoms with Crippen molar-refractivity contribution in [2.75, 3.05) is 13.6 Å². The molecule has 0 saturated heterocycles. The summed E-state index contributed by atoms with van der Waals surface area (Å²) in [6, 6.07) is 0. The molecule has 1 heterocycles. The van der Waals surface area contributed by atoms with Crippen LogP contribution in [-0.2, 0) is 0 Å². The second-order valence-corrected chi connectivity index (χ2v) is 2.16. The molecule has 0 aliphatic carbocycles. The number of halogens is 1. The van der Waals surface area contributed by atoms with Crippen LogP contribution < -0.4 is 0 Å². The maximum atomic E-state index is 3.67. The van der Waals surface area contributed by atoms with E-state index in [4.69, 9.17) is 0 Å². The Balaban J connectivity index is 0.000000810. The Bertz CT molecular complexity index is 170. The SMILES string of the molecule is Br.C=CC1=CCN(C)C=C1. The van der Waals surface area contributed by atoms with Gasteiger partial charge in [-0.2, -0.15) is 0 Å². The van der Waals surface area contributed by atoms with Gasteiger partial charge in [0.25, 0.3) is 0 Å². The molecule has 1 aliphatic heterocycles. The van der Waals surface area contributed by atoms with E-state index in [1.165, 1.54) is 5.57 Å². The lowest BCUT2D eigenvalue weighted by Crippen LogP contribution is -2.12. The zero-order valence-electron chi connectivity index (χ0n) is 6.08. The van der Waals surface area contributed by atoms with Crippen molar-refractivity contribution >= 4 is 17.0 Å². The summed E-state index contributed by atoms with van der Waals surface area (Å²) < 4.78 is 0. The Hall–Kier alpha value is -0.500. The Kier molecular flexibility index (Phi) is 4.12. The highest BCUT2D eigenvalue weighted by Crippen LogP contribution is 2.04. The largest absolute Gasteiger partial charge is 0.377 e. The van der Waals surface area contributed by atoms with Crippen LogP contribution in [0.3, 0.4) is 0 Å². The van der Waals surface area contributed by atoms with Crippen molar-refractivity contribution in [1.29, 1.82) is 0 Å². The number of hydrogen-bond donors (Lipinski definition) is 0. The van der Waals surface area contributed by atoms with E-state index in [0.717, 1.165) is 6.54 Å². The van der Waals surface area contributed by atoms with Crippen LogP contribution in [0.5, 0.6) is 0 Å². The molecule has 0 aromatic heterocycles. The lowest BCUT2D eigenvalue weighted by molar-refractivity contribution is 0.503. The average Bonchev–Trinajstić information content (AvgIpc) is 1.90. The summed E-state index contributed by atoms with van der Waals surface area (Å²) in [5, 5.41) is 0. The third-order valence-corrected chi connectivity index (χ3v) is 1.37. The molecule has 2 heteroatoms. The van der Waals surface area contributed by atoms with Gasteiger partial charge < -0.3 is 4.90 Å². The van der Waals surface area contributed by atoms with Crippen LogP contribution in [0.15, 0.2) is 36.6 Å². The lowest BCUT2D eigenvalue weighted by Gasteiger charge is -2.14. The topological polar surface area (TPSA) is 3.24 Å². The minimum Gasteiger partial charge on any atom is -0.377 e. The van der Waals surface area contributed by atoms with Crippen molar-refractivity contribution in [3.05, 3.63) is 36.6 Å². The van der Waals surface area contributed by atoms with E-state index in [1.54, 1.807) is 0 Å². The molecule has 0 atom stereocenters. The van der Waals surface area contributed by atoms with Crippen molar-refractivity contribution in [2.24, 2.45) is 0 Å². The number of hydrogen-bond acceptors (Lipinski definition) is 1. The average molecular weight is 202 g/mol. The molecule has 0 N–H and O–H groups in total. The molecule has 0 unspecified atom stereocenters. The first-order chi connectivity index (χ1) is 4.33. The number of rotatable bonds is 1. The molecule has 56 valence electrons. The van der Waals surface area contributed by atoms with Crippen LogP contribution in [0.1, 0.15) is 0 Å². The van der Waals surface area contributed by atoms with E-state index in [1.807, 2.05) is 13.1 Å². The van der Waals surface area contributed by atoms with Gasteiger partial charge in [0, 0.05) is 13.6 Å². The van der Waals surface area contributed by atoms with E-state index in [-0.39, 0.29) is 17.0 Å². The summed E-state index contributed by atoms with van der Waals surface area (Å²) in [5.74, 6) is 0. The minimum absolute atomic E-state index is 0. The highest BCUT2D eigenvalue weighted by atomic mass is 79.9. The number of likely N-dealkylation sites (N-methyl/N-ethyl adjacent to an activating group) is 1. The third-order valence-electron chi connectivity index (χ3n) is 1.37. The molecular formula is C8H12BrN. The second-order valence-electron chi connectivity index (χ2n) is 2.16. The van der Waals surface area contributed by atoms with Crippen molar-refractivity contribution in [2.45, 2.75) is 0 Å². The van der Waals surface area contributed by atoms with Gasteiger partial charge in [-0.15, -0.1) is 17.0 Å². The molecule has 10 heavy (non-hydrogen) atoms. The van der Waals surface area contributed by atoms with Crippen LogP contribution in [0.2, 0.25) is 0 Å². The fourth-order valence-electron chi connectivity index (χ4n) is 0.743. The molecule has 1 nitrogen and oxygen atoms in total. The molecule has 0 aromatic carbocycles. The highest BCUT2D eigenvalue weighted by Gasteiger charge is 1.94. The monoisotopic (exact) mass is 201 g/mol. The van der Waals surface area contributed by atoms with E-state index in [0.29, 0.717) is 0 Å². The summed E-state index contributed by atoms with van der Waals surface area (Å²) >= 11 is 0. The number of nitrogens with zero attached hydrogens (tertiary/aromatic N) is 1. The van der Waals surface area contributed by atoms with Gasteiger partial charge in [-0.3, -0.25) is 0 Å². The predicted octanol–water partition coefficient (Wildman–Crippen LogP) is 2.14. The van der Waals surface area contributed by atoms with Gasteiger partial charge in [-0.25, -0.2) is 0 Å². The summed E-state index contributed by atoms with van der Waals surface area (Å²) in [6.07, 6.45) is 8.12. The predicted molar refractivity (Wildman–Crippen MR) is 50.4 cm³/mol. The molecule has 1 aliphatic rings. The van der Waals surface area contributed by atoms with E-state index in [9.17, 15) is 0 Å². The molecular weight excluding hydrogens is 190 g/mol. The lowest BCUT2D eigenvalue weighted by atomic mass is 10.2. The zero-order valence-corrected chi connectivity index (χ0v) is 7.79. The second kappa shape index (κ2) is 4.34. The summed E-state index contributed by atoms with van der Waals surface area (Å²) in [4.78, 5) is 2.12. The van der Waals surface area contributed by atoms with E-state index in [2.05, 4.69) is 29.8 Å². The first-order valence-electron chi connectivity index (χ1n) is 3.04. The van der Waals surface area contributed by atoms with Crippen LogP contribution >= 0.6 is 17.0 Å². The van der Waals surface area contributed by atoms with Gasteiger partial charge in [0.2, 0.25) is 0 Å². The van der Waals surface area contributed by atoms with Gasteiger partial charge in [0.15, 0.2) is 0 Å². The maximum absolute atomic E-state index is 3.67. The van der Waals surface area contributed by atoms with Crippen molar-refractivity contribution < 1.29 is 0 Å². The first kappa shape index (κ1) is 9.50. The van der Waals surface area contributed by atoms with Crippen LogP contribution in [0.25, 0.3) is 0 Å². The highest BCUT2D eigenvalue weighted by molar-refractivity contribution is 8.93. The van der Waals surface area contributed by atoms with Gasteiger partial charge in [-0.05, 0) is 17.8 Å². The van der Waals surface area contributed by atoms with E-state index >= 15 is 0 Å². The van der Waals surface area contributed by atoms with E-state index < -0.39 is 0 Å². The van der Waals surface area contributed by atoms with Gasteiger partial charge in [0.1, 0.15) is 0 Å². The van der Waals surface area contributed by atoms with Crippen LogP contribution in [0.4, 0.5) is 0 Å². The first-order valence-corrected chi connectivity index (χ1v) is 3.04. The van der Waals surface area contributed by atoms with Gasteiger partial charge in [-0.1, -0.05) is 18.7 Å². The molecule has 0 spiro atoms. The smallest absolute Gasteiger partial charge is 0.0359 e. The Morgan fingerprint density at radius 3 is 2.80 bits per heavy atom. The number of allylic oxidation sites excluding steroid dienone is 3. The fourth-order valence-corrected chi connectivity index (χ4v) is 0.743. The van der Waals surface area contributed by atoms with Crippen LogP contribution in [-0.4, -0.2) is 18.5 Å². The van der Waals surface area contributed by atoms with Gasteiger partial charge >= 0.3 is 0 Å². The van der Waals surface area contributed by atoms with Crippen molar-refractivity contribution in [1.82, 2.24) is 4.90 Å². The zero-order chi connectivity index (χ0) is 6.69. The quantitative estimate of drug-likeness (QED) is 0.629. The summed E-state index contributed by atoms with van der Waals surface area (Å²) in [5.41, 5.74) is 1.22. The molecule has 0 saturated carbocycles. The maximum Gasteiger partial charge on any atom is 0.0359 e. The van der Waals surface area contributed by atoms with Crippen LogP contribution in [0, 0.1) is 0 Å². The Labute approximate surface area is 72.5 Å². The molecule has 0 amide bonds. The Morgan fingerprint density at radius 1 is 1.70 bits per heavy atom. The van der Waals surface area contributed by atoms with Crippen molar-refractivity contribution in [3.8, 4) is 0 Å². The Morgan fingerprint density at radius 2 is 2.40 bits per heavy atom. The molecule has 0 aromatic rings. The van der Waals surface area contributed by atoms with Gasteiger partial charge in [0.05, 0.1) is 0 Å². The standard InChI is InChI=1S/C8H11N.BrH/c1-3-8-4-6-9(2)7-5-8;/h3-6H,1,7H2,2H3;1H. The molecule has 0 fully saturated rings. The molecule has 0 bridgehead atoms. The third kappa shape index (κ3) is 2.40. The summed E-state index contributed by atoms with van der Waals surface area (Å²) in [7, 11) is 2.05. The van der Waals surface area contributed by atoms with Crippen molar-refractivity contribution in [3.63, 3.8) is 0 Å².